The van der Waals surface area contributed by atoms with Gasteiger partial charge in [-0.2, -0.15) is 0 Å². The Morgan fingerprint density at radius 3 is 2.28 bits per heavy atom. The van der Waals surface area contributed by atoms with Crippen LogP contribution in [-0.2, 0) is 11.3 Å². The minimum absolute atomic E-state index is 0.0312. The van der Waals surface area contributed by atoms with Crippen LogP contribution in [0, 0.1) is 12.3 Å². The van der Waals surface area contributed by atoms with Gasteiger partial charge >= 0.3 is 5.97 Å². The molecule has 18 heavy (non-hydrogen) atoms. The van der Waals surface area contributed by atoms with Crippen molar-refractivity contribution < 1.29 is 9.90 Å². The fourth-order valence-electron chi connectivity index (χ4n) is 1.81. The van der Waals surface area contributed by atoms with Crippen LogP contribution in [0.5, 0.6) is 0 Å². The highest BCUT2D eigenvalue weighted by atomic mass is 16.4. The Hall–Kier alpha value is -1.35. The van der Waals surface area contributed by atoms with E-state index in [-0.39, 0.29) is 17.9 Å². The number of carboxylic acids is 1. The van der Waals surface area contributed by atoms with E-state index in [0.29, 0.717) is 6.54 Å². The van der Waals surface area contributed by atoms with Crippen molar-refractivity contribution in [2.24, 2.45) is 5.41 Å². The fourth-order valence-corrected chi connectivity index (χ4v) is 1.81. The van der Waals surface area contributed by atoms with Gasteiger partial charge in [-0.05, 0) is 17.9 Å². The summed E-state index contributed by atoms with van der Waals surface area (Å²) in [5.74, 6) is -0.758. The van der Waals surface area contributed by atoms with E-state index in [0.717, 1.165) is 0 Å². The summed E-state index contributed by atoms with van der Waals surface area (Å²) in [6.07, 6.45) is 0.148. The van der Waals surface area contributed by atoms with E-state index in [1.807, 2.05) is 0 Å². The van der Waals surface area contributed by atoms with Gasteiger partial charge < -0.3 is 10.4 Å². The maximum Gasteiger partial charge on any atom is 0.304 e. The molecule has 0 heterocycles. The average molecular weight is 249 g/mol. The summed E-state index contributed by atoms with van der Waals surface area (Å²) in [5.41, 5.74) is 2.35. The smallest absolute Gasteiger partial charge is 0.304 e. The number of nitrogens with one attached hydrogen (secondary N) is 1. The van der Waals surface area contributed by atoms with E-state index in [9.17, 15) is 4.79 Å². The first kappa shape index (κ1) is 14.7. The van der Waals surface area contributed by atoms with Crippen LogP contribution < -0.4 is 5.32 Å². The number of aryl methyl sites for hydroxylation is 1. The molecule has 0 bridgehead atoms. The van der Waals surface area contributed by atoms with Gasteiger partial charge in [0.15, 0.2) is 0 Å². The first-order valence-electron chi connectivity index (χ1n) is 6.30. The Bertz CT molecular complexity index is 390. The largest absolute Gasteiger partial charge is 0.481 e. The first-order chi connectivity index (χ1) is 8.29. The molecule has 0 spiro atoms. The van der Waals surface area contributed by atoms with Crippen molar-refractivity contribution in [2.45, 2.75) is 46.7 Å². The topological polar surface area (TPSA) is 49.3 Å². The highest BCUT2D eigenvalue weighted by Crippen LogP contribution is 2.22. The standard InChI is InChI=1S/C15H23NO2/c1-11-5-7-12(8-6-11)10-16-13(9-14(17)18)15(2,3)4/h5-8,13,16H,9-10H2,1-4H3,(H,17,18). The van der Waals surface area contributed by atoms with Crippen LogP contribution in [-0.4, -0.2) is 17.1 Å². The van der Waals surface area contributed by atoms with Gasteiger partial charge in [-0.1, -0.05) is 50.6 Å². The molecule has 1 aromatic rings. The molecule has 0 aromatic heterocycles. The molecule has 0 saturated carbocycles. The number of carbonyl (C=O) groups is 1. The molecule has 1 atom stereocenters. The van der Waals surface area contributed by atoms with Crippen molar-refractivity contribution in [3.63, 3.8) is 0 Å². The van der Waals surface area contributed by atoms with E-state index in [2.05, 4.69) is 57.3 Å². The molecule has 0 amide bonds. The van der Waals surface area contributed by atoms with Gasteiger partial charge in [0.05, 0.1) is 6.42 Å². The maximum absolute atomic E-state index is 10.9. The van der Waals surface area contributed by atoms with Crippen molar-refractivity contribution in [3.05, 3.63) is 35.4 Å². The third kappa shape index (κ3) is 4.88. The van der Waals surface area contributed by atoms with E-state index in [4.69, 9.17) is 5.11 Å². The van der Waals surface area contributed by atoms with Crippen molar-refractivity contribution in [2.75, 3.05) is 0 Å². The zero-order valence-electron chi connectivity index (χ0n) is 11.7. The van der Waals surface area contributed by atoms with E-state index in [1.165, 1.54) is 11.1 Å². The van der Waals surface area contributed by atoms with Gasteiger partial charge in [0.2, 0.25) is 0 Å². The van der Waals surface area contributed by atoms with Crippen LogP contribution in [0.2, 0.25) is 0 Å². The summed E-state index contributed by atoms with van der Waals surface area (Å²) in [6, 6.07) is 8.25. The number of carboxylic acid groups (broad SMARTS) is 1. The summed E-state index contributed by atoms with van der Waals surface area (Å²) in [5, 5.41) is 12.3. The lowest BCUT2D eigenvalue weighted by molar-refractivity contribution is -0.138. The molecule has 0 fully saturated rings. The summed E-state index contributed by atoms with van der Waals surface area (Å²) >= 11 is 0. The van der Waals surface area contributed by atoms with Crippen LogP contribution in [0.3, 0.4) is 0 Å². The van der Waals surface area contributed by atoms with Crippen LogP contribution in [0.25, 0.3) is 0 Å². The van der Waals surface area contributed by atoms with Crippen molar-refractivity contribution >= 4 is 5.97 Å². The summed E-state index contributed by atoms with van der Waals surface area (Å²) in [6.45, 7) is 8.93. The summed E-state index contributed by atoms with van der Waals surface area (Å²) in [7, 11) is 0. The zero-order valence-corrected chi connectivity index (χ0v) is 11.7. The average Bonchev–Trinajstić information content (AvgIpc) is 2.24. The minimum Gasteiger partial charge on any atom is -0.481 e. The van der Waals surface area contributed by atoms with Crippen LogP contribution in [0.4, 0.5) is 0 Å². The monoisotopic (exact) mass is 249 g/mol. The molecule has 0 aliphatic carbocycles. The molecule has 2 N–H and O–H groups in total. The van der Waals surface area contributed by atoms with Gasteiger partial charge in [0, 0.05) is 12.6 Å². The normalized spacial score (nSPS) is 13.3. The molecule has 100 valence electrons. The first-order valence-corrected chi connectivity index (χ1v) is 6.30. The van der Waals surface area contributed by atoms with Crippen molar-refractivity contribution in [1.82, 2.24) is 5.32 Å². The van der Waals surface area contributed by atoms with Gasteiger partial charge in [0.1, 0.15) is 0 Å². The van der Waals surface area contributed by atoms with Gasteiger partial charge in [-0.3, -0.25) is 4.79 Å². The molecule has 1 unspecified atom stereocenters. The third-order valence-electron chi connectivity index (χ3n) is 3.10. The lowest BCUT2D eigenvalue weighted by Gasteiger charge is -2.30. The highest BCUT2D eigenvalue weighted by molar-refractivity contribution is 5.67. The Morgan fingerprint density at radius 1 is 1.28 bits per heavy atom. The lowest BCUT2D eigenvalue weighted by Crippen LogP contribution is -2.41. The van der Waals surface area contributed by atoms with Crippen LogP contribution in [0.15, 0.2) is 24.3 Å². The fraction of sp³-hybridized carbons (Fsp3) is 0.533. The molecule has 3 nitrogen and oxygen atoms in total. The number of hydrogen-bond acceptors (Lipinski definition) is 2. The van der Waals surface area contributed by atoms with Crippen LogP contribution >= 0.6 is 0 Å². The lowest BCUT2D eigenvalue weighted by atomic mass is 9.84. The molecule has 0 aliphatic heterocycles. The van der Waals surface area contributed by atoms with Crippen LogP contribution in [0.1, 0.15) is 38.3 Å². The Labute approximate surface area is 109 Å². The molecule has 0 aliphatic rings. The zero-order chi connectivity index (χ0) is 13.8. The second-order valence-electron chi connectivity index (χ2n) is 5.88. The molecule has 0 radical (unpaired) electrons. The quantitative estimate of drug-likeness (QED) is 0.843. The SMILES string of the molecule is Cc1ccc(CNC(CC(=O)O)C(C)(C)C)cc1. The molecular weight excluding hydrogens is 226 g/mol. The second kappa shape index (κ2) is 6.01. The summed E-state index contributed by atoms with van der Waals surface area (Å²) in [4.78, 5) is 10.9. The van der Waals surface area contributed by atoms with E-state index < -0.39 is 5.97 Å². The minimum atomic E-state index is -0.758. The number of rotatable bonds is 5. The molecule has 1 rings (SSSR count). The highest BCUT2D eigenvalue weighted by Gasteiger charge is 2.26. The Kier molecular flexibility index (Phi) is 4.91. The molecule has 0 saturated heterocycles. The van der Waals surface area contributed by atoms with Gasteiger partial charge in [-0.15, -0.1) is 0 Å². The molecule has 3 heteroatoms. The Morgan fingerprint density at radius 2 is 1.83 bits per heavy atom. The Balaban J connectivity index is 2.62. The van der Waals surface area contributed by atoms with E-state index in [1.54, 1.807) is 0 Å². The van der Waals surface area contributed by atoms with Crippen molar-refractivity contribution in [3.8, 4) is 0 Å². The van der Waals surface area contributed by atoms with Gasteiger partial charge in [0.25, 0.3) is 0 Å². The number of aliphatic carboxylic acids is 1. The van der Waals surface area contributed by atoms with Crippen molar-refractivity contribution in [1.29, 1.82) is 0 Å². The molecular formula is C15H23NO2. The van der Waals surface area contributed by atoms with Gasteiger partial charge in [-0.25, -0.2) is 0 Å². The molecule has 1 aromatic carbocycles. The number of hydrogen-bond donors (Lipinski definition) is 2. The second-order valence-corrected chi connectivity index (χ2v) is 5.88. The van der Waals surface area contributed by atoms with E-state index >= 15 is 0 Å². The third-order valence-corrected chi connectivity index (χ3v) is 3.10. The predicted molar refractivity (Wildman–Crippen MR) is 73.5 cm³/mol. The number of benzene rings is 1. The summed E-state index contributed by atoms with van der Waals surface area (Å²) < 4.78 is 0. The predicted octanol–water partition coefficient (Wildman–Crippen LogP) is 2.97. The maximum atomic E-state index is 10.9.